The molecule has 2 aromatic heterocycles. The van der Waals surface area contributed by atoms with Gasteiger partial charge in [0.25, 0.3) is 0 Å². The SMILES string of the molecule is Cc1cc(-n2cc(F)cn2)c2cccc(OCc3c(Cl)cc(F)cc3[C@@H]3COCCN3C(=O)COC(F)F)c2n1. The molecular formula is C27H23ClF4N4O4. The summed E-state index contributed by atoms with van der Waals surface area (Å²) in [6, 6.07) is 8.51. The minimum atomic E-state index is -3.11. The molecule has 210 valence electrons. The van der Waals surface area contributed by atoms with E-state index in [0.717, 1.165) is 12.3 Å². The summed E-state index contributed by atoms with van der Waals surface area (Å²) in [5.74, 6) is -1.46. The Hall–Kier alpha value is -3.74. The molecule has 0 saturated carbocycles. The first kappa shape index (κ1) is 27.8. The molecule has 5 rings (SSSR count). The van der Waals surface area contributed by atoms with E-state index in [0.29, 0.717) is 39.2 Å². The van der Waals surface area contributed by atoms with Gasteiger partial charge >= 0.3 is 6.61 Å². The van der Waals surface area contributed by atoms with Crippen molar-refractivity contribution < 1.29 is 36.6 Å². The van der Waals surface area contributed by atoms with Crippen molar-refractivity contribution in [1.29, 1.82) is 0 Å². The van der Waals surface area contributed by atoms with Gasteiger partial charge in [0.05, 0.1) is 42.4 Å². The number of morpholine rings is 1. The number of hydrogen-bond donors (Lipinski definition) is 0. The van der Waals surface area contributed by atoms with E-state index >= 15 is 0 Å². The molecule has 1 aliphatic heterocycles. The second kappa shape index (κ2) is 11.8. The summed E-state index contributed by atoms with van der Waals surface area (Å²) >= 11 is 6.45. The van der Waals surface area contributed by atoms with E-state index in [1.54, 1.807) is 31.2 Å². The molecule has 0 radical (unpaired) electrons. The fourth-order valence-electron chi connectivity index (χ4n) is 4.67. The van der Waals surface area contributed by atoms with Gasteiger partial charge in [0.15, 0.2) is 5.82 Å². The van der Waals surface area contributed by atoms with Crippen LogP contribution in [0.25, 0.3) is 16.6 Å². The van der Waals surface area contributed by atoms with E-state index in [1.807, 2.05) is 0 Å². The van der Waals surface area contributed by atoms with Crippen molar-refractivity contribution in [3.8, 4) is 11.4 Å². The summed E-state index contributed by atoms with van der Waals surface area (Å²) in [6.45, 7) is -2.05. The van der Waals surface area contributed by atoms with Crippen LogP contribution >= 0.6 is 11.6 Å². The lowest BCUT2D eigenvalue weighted by molar-refractivity contribution is -0.166. The second-order valence-corrected chi connectivity index (χ2v) is 9.44. The average Bonchev–Trinajstić information content (AvgIpc) is 3.36. The molecule has 8 nitrogen and oxygen atoms in total. The van der Waals surface area contributed by atoms with Crippen LogP contribution in [0.5, 0.6) is 5.75 Å². The lowest BCUT2D eigenvalue weighted by Crippen LogP contribution is -2.45. The third kappa shape index (κ3) is 5.88. The lowest BCUT2D eigenvalue weighted by atomic mass is 9.98. The van der Waals surface area contributed by atoms with E-state index in [-0.39, 0.29) is 31.4 Å². The minimum Gasteiger partial charge on any atom is -0.487 e. The molecule has 1 aliphatic rings. The standard InChI is InChI=1S/C27H23ClF4N4O4/c1-15-7-22(36-11-17(30)10-33-36)18-3-2-4-24(26(18)34-15)39-12-20-19(8-16(29)9-21(20)28)23-13-38-6-5-35(23)25(37)14-40-27(31)32/h2-4,7-11,23,27H,5-6,12-14H2,1H3/t23-/m0/s1. The van der Waals surface area contributed by atoms with Crippen molar-refractivity contribution in [2.45, 2.75) is 26.2 Å². The van der Waals surface area contributed by atoms with Crippen LogP contribution in [0, 0.1) is 18.6 Å². The molecule has 4 aromatic rings. The first-order chi connectivity index (χ1) is 19.2. The summed E-state index contributed by atoms with van der Waals surface area (Å²) in [7, 11) is 0. The Morgan fingerprint density at radius 3 is 2.80 bits per heavy atom. The molecule has 0 N–H and O–H groups in total. The molecule has 1 atom stereocenters. The number of hydrogen-bond acceptors (Lipinski definition) is 6. The number of benzene rings is 2. The number of aromatic nitrogens is 3. The Kier molecular flexibility index (Phi) is 8.19. The maximum absolute atomic E-state index is 14.5. The summed E-state index contributed by atoms with van der Waals surface area (Å²) in [4.78, 5) is 18.6. The third-order valence-corrected chi connectivity index (χ3v) is 6.75. The van der Waals surface area contributed by atoms with Gasteiger partial charge in [-0.1, -0.05) is 23.7 Å². The Labute approximate surface area is 231 Å². The Morgan fingerprint density at radius 1 is 1.23 bits per heavy atom. The van der Waals surface area contributed by atoms with Crippen LogP contribution in [0.15, 0.2) is 48.8 Å². The van der Waals surface area contributed by atoms with Gasteiger partial charge in [0, 0.05) is 23.2 Å². The first-order valence-electron chi connectivity index (χ1n) is 12.2. The first-order valence-corrected chi connectivity index (χ1v) is 12.6. The van der Waals surface area contributed by atoms with E-state index in [1.165, 1.54) is 21.8 Å². The lowest BCUT2D eigenvalue weighted by Gasteiger charge is -2.37. The van der Waals surface area contributed by atoms with Gasteiger partial charge in [-0.25, -0.2) is 18.4 Å². The highest BCUT2D eigenvalue weighted by molar-refractivity contribution is 6.31. The van der Waals surface area contributed by atoms with Crippen molar-refractivity contribution in [3.05, 3.63) is 82.3 Å². The molecule has 3 heterocycles. The molecule has 13 heteroatoms. The van der Waals surface area contributed by atoms with Crippen molar-refractivity contribution in [2.75, 3.05) is 26.4 Å². The Morgan fingerprint density at radius 2 is 2.05 bits per heavy atom. The summed E-state index contributed by atoms with van der Waals surface area (Å²) in [6.07, 6.45) is 2.35. The number of carbonyl (C=O) groups excluding carboxylic acids is 1. The summed E-state index contributed by atoms with van der Waals surface area (Å²) in [5.41, 5.74) is 2.40. The fraction of sp³-hybridized carbons (Fsp3) is 0.296. The number of ether oxygens (including phenoxy) is 3. The molecule has 1 amide bonds. The largest absolute Gasteiger partial charge is 0.487 e. The van der Waals surface area contributed by atoms with Crippen molar-refractivity contribution in [3.63, 3.8) is 0 Å². The van der Waals surface area contributed by atoms with Crippen molar-refractivity contribution >= 4 is 28.4 Å². The third-order valence-electron chi connectivity index (χ3n) is 6.41. The number of nitrogens with zero attached hydrogens (tertiary/aromatic N) is 4. The zero-order chi connectivity index (χ0) is 28.4. The van der Waals surface area contributed by atoms with Gasteiger partial charge in [0.2, 0.25) is 5.91 Å². The predicted molar refractivity (Wildman–Crippen MR) is 137 cm³/mol. The van der Waals surface area contributed by atoms with E-state index in [9.17, 15) is 22.4 Å². The smallest absolute Gasteiger partial charge is 0.345 e. The zero-order valence-corrected chi connectivity index (χ0v) is 21.9. The molecule has 0 aliphatic carbocycles. The number of pyridine rings is 1. The molecular weight excluding hydrogens is 556 g/mol. The number of rotatable bonds is 8. The van der Waals surface area contributed by atoms with Crippen molar-refractivity contribution in [2.24, 2.45) is 0 Å². The number of amides is 1. The summed E-state index contributed by atoms with van der Waals surface area (Å²) < 4.78 is 70.6. The molecule has 2 aromatic carbocycles. The summed E-state index contributed by atoms with van der Waals surface area (Å²) in [5, 5.41) is 4.75. The van der Waals surface area contributed by atoms with Gasteiger partial charge in [0.1, 0.15) is 30.3 Å². The highest BCUT2D eigenvalue weighted by Gasteiger charge is 2.32. The number of para-hydroxylation sites is 1. The molecule has 1 fully saturated rings. The van der Waals surface area contributed by atoms with E-state index < -0.39 is 36.8 Å². The normalized spacial score (nSPS) is 15.7. The van der Waals surface area contributed by atoms with Gasteiger partial charge in [-0.05, 0) is 36.8 Å². The van der Waals surface area contributed by atoms with E-state index in [4.69, 9.17) is 21.1 Å². The van der Waals surface area contributed by atoms with Crippen molar-refractivity contribution in [1.82, 2.24) is 19.7 Å². The maximum atomic E-state index is 14.5. The number of aryl methyl sites for hydroxylation is 1. The van der Waals surface area contributed by atoms with E-state index in [2.05, 4.69) is 14.8 Å². The average molecular weight is 579 g/mol. The van der Waals surface area contributed by atoms with Crippen LogP contribution in [0.3, 0.4) is 0 Å². The van der Waals surface area contributed by atoms with Gasteiger partial charge in [-0.15, -0.1) is 0 Å². The minimum absolute atomic E-state index is 0.00793. The fourth-order valence-corrected chi connectivity index (χ4v) is 4.94. The van der Waals surface area contributed by atoms with Crippen LogP contribution in [0.4, 0.5) is 17.6 Å². The molecule has 1 saturated heterocycles. The quantitative estimate of drug-likeness (QED) is 0.261. The van der Waals surface area contributed by atoms with Crippen LogP contribution in [-0.4, -0.2) is 58.5 Å². The maximum Gasteiger partial charge on any atom is 0.345 e. The predicted octanol–water partition coefficient (Wildman–Crippen LogP) is 5.38. The monoisotopic (exact) mass is 578 g/mol. The highest BCUT2D eigenvalue weighted by Crippen LogP contribution is 2.35. The number of alkyl halides is 2. The van der Waals surface area contributed by atoms with Crippen LogP contribution in [0.1, 0.15) is 22.9 Å². The van der Waals surface area contributed by atoms with Gasteiger partial charge in [-0.3, -0.25) is 4.79 Å². The van der Waals surface area contributed by atoms with Gasteiger partial charge < -0.3 is 19.1 Å². The number of halogens is 5. The topological polar surface area (TPSA) is 78.7 Å². The van der Waals surface area contributed by atoms with Crippen LogP contribution < -0.4 is 4.74 Å². The molecule has 0 spiro atoms. The number of fused-ring (bicyclic) bond motifs is 1. The Balaban J connectivity index is 1.48. The van der Waals surface area contributed by atoms with Crippen LogP contribution in [-0.2, 0) is 20.9 Å². The molecule has 0 unspecified atom stereocenters. The highest BCUT2D eigenvalue weighted by atomic mass is 35.5. The number of carbonyl (C=O) groups is 1. The molecule has 0 bridgehead atoms. The zero-order valence-electron chi connectivity index (χ0n) is 21.1. The van der Waals surface area contributed by atoms with Crippen LogP contribution in [0.2, 0.25) is 5.02 Å². The van der Waals surface area contributed by atoms with Gasteiger partial charge in [-0.2, -0.15) is 13.9 Å². The Bertz CT molecular complexity index is 1550. The second-order valence-electron chi connectivity index (χ2n) is 9.03. The molecule has 40 heavy (non-hydrogen) atoms.